The maximum atomic E-state index is 4.07. The summed E-state index contributed by atoms with van der Waals surface area (Å²) in [6, 6.07) is 3.33. The van der Waals surface area contributed by atoms with Crippen molar-refractivity contribution in [3.05, 3.63) is 24.3 Å². The predicted molar refractivity (Wildman–Crippen MR) is 75.9 cm³/mol. The number of hydrogen-bond acceptors (Lipinski definition) is 2. The normalized spacial score (nSPS) is 54.8. The zero-order valence-electron chi connectivity index (χ0n) is 11.9. The van der Waals surface area contributed by atoms with Gasteiger partial charge in [0.15, 0.2) is 0 Å². The average Bonchev–Trinajstić information content (AvgIpc) is 3.19. The van der Waals surface area contributed by atoms with E-state index in [-0.39, 0.29) is 0 Å². The Morgan fingerprint density at radius 2 is 1.05 bits per heavy atom. The second-order valence-corrected chi connectivity index (χ2v) is 7.97. The molecule has 2 saturated heterocycles. The Kier molecular flexibility index (Phi) is 1.76. The van der Waals surface area contributed by atoms with Gasteiger partial charge in [-0.15, -0.1) is 0 Å². The first-order valence-corrected chi connectivity index (χ1v) is 8.41. The molecular formula is C16H24N4+2. The third-order valence-corrected chi connectivity index (χ3v) is 7.43. The lowest BCUT2D eigenvalue weighted by Crippen LogP contribution is -2.62. The molecule has 106 valence electrons. The summed E-state index contributed by atoms with van der Waals surface area (Å²) >= 11 is 0. The summed E-state index contributed by atoms with van der Waals surface area (Å²) in [6.07, 6.45) is 12.4. The van der Waals surface area contributed by atoms with Crippen LogP contribution in [0.5, 0.6) is 0 Å². The highest BCUT2D eigenvalue weighted by molar-refractivity contribution is 5.15. The van der Waals surface area contributed by atoms with Crippen LogP contribution in [0, 0.1) is 11.8 Å². The molecule has 4 nitrogen and oxygen atoms in total. The Morgan fingerprint density at radius 1 is 0.650 bits per heavy atom. The summed E-state index contributed by atoms with van der Waals surface area (Å²) in [4.78, 5) is 0. The van der Waals surface area contributed by atoms with Gasteiger partial charge in [0.05, 0.1) is 12.1 Å². The van der Waals surface area contributed by atoms with Crippen molar-refractivity contribution in [2.45, 2.75) is 37.0 Å². The van der Waals surface area contributed by atoms with E-state index in [4.69, 9.17) is 0 Å². The minimum absolute atomic E-state index is 0.789. The van der Waals surface area contributed by atoms with Crippen molar-refractivity contribution in [2.75, 3.05) is 26.2 Å². The molecule has 0 amide bonds. The number of fused-ring (bicyclic) bond motifs is 2. The number of nitrogens with one attached hydrogen (secondary N) is 2. The SMILES string of the molecule is C1=CC[N+]2(C1)N[C@H]1C[C@@H]3[C@@H]4[C@H]1[C@H]2C[C@@H]4N[N+]31CC=CC1. The quantitative estimate of drug-likeness (QED) is 0.490. The summed E-state index contributed by atoms with van der Waals surface area (Å²) < 4.78 is 2.38. The summed E-state index contributed by atoms with van der Waals surface area (Å²) in [5.41, 5.74) is 8.14. The maximum absolute atomic E-state index is 4.07. The molecule has 6 rings (SSSR count). The number of quaternary nitrogens is 2. The molecule has 2 spiro atoms. The molecule has 20 heavy (non-hydrogen) atoms. The third-order valence-electron chi connectivity index (χ3n) is 7.43. The van der Waals surface area contributed by atoms with Crippen molar-refractivity contribution in [3.63, 3.8) is 0 Å². The Morgan fingerprint density at radius 3 is 1.45 bits per heavy atom. The molecule has 4 heteroatoms. The van der Waals surface area contributed by atoms with Gasteiger partial charge in [-0.2, -0.15) is 10.9 Å². The van der Waals surface area contributed by atoms with Crippen molar-refractivity contribution >= 4 is 0 Å². The van der Waals surface area contributed by atoms with Crippen LogP contribution in [0.4, 0.5) is 0 Å². The highest BCUT2D eigenvalue weighted by Gasteiger charge is 2.74. The highest BCUT2D eigenvalue weighted by Crippen LogP contribution is 2.58. The Labute approximate surface area is 120 Å². The van der Waals surface area contributed by atoms with Crippen LogP contribution in [0.2, 0.25) is 0 Å². The van der Waals surface area contributed by atoms with E-state index in [1.807, 2.05) is 0 Å². The molecule has 6 atom stereocenters. The van der Waals surface area contributed by atoms with Gasteiger partial charge in [0.2, 0.25) is 0 Å². The van der Waals surface area contributed by atoms with Crippen LogP contribution in [0.1, 0.15) is 12.8 Å². The molecular weight excluding hydrogens is 248 g/mol. The highest BCUT2D eigenvalue weighted by atomic mass is 15.8. The predicted octanol–water partition coefficient (Wildman–Crippen LogP) is 0.310. The third kappa shape index (κ3) is 1.02. The van der Waals surface area contributed by atoms with Crippen LogP contribution in [-0.4, -0.2) is 59.5 Å². The molecule has 6 aliphatic rings. The fourth-order valence-electron chi connectivity index (χ4n) is 6.88. The van der Waals surface area contributed by atoms with Gasteiger partial charge in [0.1, 0.15) is 38.3 Å². The lowest BCUT2D eigenvalue weighted by Gasteiger charge is -2.39. The van der Waals surface area contributed by atoms with E-state index in [2.05, 4.69) is 35.2 Å². The zero-order valence-corrected chi connectivity index (χ0v) is 11.9. The van der Waals surface area contributed by atoms with Crippen molar-refractivity contribution in [3.8, 4) is 0 Å². The second kappa shape index (κ2) is 3.22. The van der Waals surface area contributed by atoms with Gasteiger partial charge < -0.3 is 0 Å². The maximum Gasteiger partial charge on any atom is 0.116 e. The molecule has 0 aromatic carbocycles. The van der Waals surface area contributed by atoms with E-state index >= 15 is 0 Å². The molecule has 0 radical (unpaired) electrons. The first-order chi connectivity index (χ1) is 9.81. The van der Waals surface area contributed by atoms with Crippen LogP contribution >= 0.6 is 0 Å². The minimum atomic E-state index is 0.789. The molecule has 2 saturated carbocycles. The van der Waals surface area contributed by atoms with Gasteiger partial charge in [0, 0.05) is 24.7 Å². The van der Waals surface area contributed by atoms with Gasteiger partial charge in [-0.3, -0.25) is 0 Å². The summed E-state index contributed by atoms with van der Waals surface area (Å²) in [6.45, 7) is 4.90. The molecule has 0 bridgehead atoms. The standard InChI is InChI=1S/C16H24N4/c1-2-6-19(5-1)13-9-12-16-14(10-11(17-19)15(13)16)20(18-12)7-3-4-8-20/h1-4,11-18H,5-10H2/q+2/t11-,12-,13+,14+,15+,16+/m0/s1. The molecule has 4 aliphatic heterocycles. The van der Waals surface area contributed by atoms with Gasteiger partial charge in [-0.1, -0.05) is 0 Å². The number of nitrogens with zero attached hydrogens (tertiary/aromatic N) is 2. The van der Waals surface area contributed by atoms with E-state index < -0.39 is 0 Å². The Bertz CT molecular complexity index is 475. The number of hydrogen-bond donors (Lipinski definition) is 2. The molecule has 0 unspecified atom stereocenters. The second-order valence-electron chi connectivity index (χ2n) is 7.97. The van der Waals surface area contributed by atoms with Gasteiger partial charge >= 0.3 is 0 Å². The fraction of sp³-hybridized carbons (Fsp3) is 0.750. The molecule has 4 heterocycles. The summed E-state index contributed by atoms with van der Waals surface area (Å²) in [5, 5.41) is 0. The largest absolute Gasteiger partial charge is 0.236 e. The topological polar surface area (TPSA) is 24.1 Å². The van der Waals surface area contributed by atoms with E-state index in [1.54, 1.807) is 0 Å². The molecule has 0 aromatic rings. The lowest BCUT2D eigenvalue weighted by atomic mass is 9.93. The van der Waals surface area contributed by atoms with Crippen molar-refractivity contribution < 1.29 is 9.18 Å². The monoisotopic (exact) mass is 272 g/mol. The van der Waals surface area contributed by atoms with E-state index in [9.17, 15) is 0 Å². The summed E-state index contributed by atoms with van der Waals surface area (Å²) in [7, 11) is 0. The average molecular weight is 272 g/mol. The lowest BCUT2D eigenvalue weighted by molar-refractivity contribution is -0.980. The van der Waals surface area contributed by atoms with Crippen LogP contribution < -0.4 is 10.9 Å². The fourth-order valence-corrected chi connectivity index (χ4v) is 6.88. The van der Waals surface area contributed by atoms with Crippen molar-refractivity contribution in [1.29, 1.82) is 0 Å². The van der Waals surface area contributed by atoms with E-state index in [0.717, 1.165) is 36.0 Å². The molecule has 2 aliphatic carbocycles. The molecule has 2 N–H and O–H groups in total. The molecule has 4 fully saturated rings. The van der Waals surface area contributed by atoms with E-state index in [0.29, 0.717) is 0 Å². The van der Waals surface area contributed by atoms with Crippen LogP contribution in [0.25, 0.3) is 0 Å². The first-order valence-electron chi connectivity index (χ1n) is 8.41. The van der Waals surface area contributed by atoms with Gasteiger partial charge in [-0.05, 0) is 24.3 Å². The van der Waals surface area contributed by atoms with Gasteiger partial charge in [0.25, 0.3) is 0 Å². The smallest absolute Gasteiger partial charge is 0.116 e. The summed E-state index contributed by atoms with van der Waals surface area (Å²) in [5.74, 6) is 1.88. The Hall–Kier alpha value is -0.680. The van der Waals surface area contributed by atoms with Gasteiger partial charge in [-0.25, -0.2) is 9.18 Å². The number of rotatable bonds is 0. The Balaban J connectivity index is 1.40. The van der Waals surface area contributed by atoms with Crippen molar-refractivity contribution in [2.24, 2.45) is 11.8 Å². The zero-order chi connectivity index (χ0) is 12.9. The van der Waals surface area contributed by atoms with Crippen molar-refractivity contribution in [1.82, 2.24) is 10.9 Å². The minimum Gasteiger partial charge on any atom is -0.236 e. The van der Waals surface area contributed by atoms with Crippen LogP contribution in [0.3, 0.4) is 0 Å². The van der Waals surface area contributed by atoms with E-state index in [1.165, 1.54) is 48.2 Å². The molecule has 0 aromatic heterocycles. The van der Waals surface area contributed by atoms with Crippen LogP contribution in [0.15, 0.2) is 24.3 Å². The van der Waals surface area contributed by atoms with Crippen LogP contribution in [-0.2, 0) is 0 Å². The first kappa shape index (κ1) is 11.0.